The molecule has 7 nitrogen and oxygen atoms in total. The van der Waals surface area contributed by atoms with Crippen molar-refractivity contribution in [2.75, 3.05) is 25.1 Å². The van der Waals surface area contributed by atoms with E-state index in [0.29, 0.717) is 43.4 Å². The van der Waals surface area contributed by atoms with Gasteiger partial charge in [0.05, 0.1) is 24.6 Å². The summed E-state index contributed by atoms with van der Waals surface area (Å²) in [7, 11) is 0. The maximum atomic E-state index is 12.3. The van der Waals surface area contributed by atoms with Crippen molar-refractivity contribution >= 4 is 11.7 Å². The first-order valence-corrected chi connectivity index (χ1v) is 10.7. The summed E-state index contributed by atoms with van der Waals surface area (Å²) >= 11 is 0. The number of nitrogens with one attached hydrogen (secondary N) is 2. The molecule has 0 atom stereocenters. The van der Waals surface area contributed by atoms with E-state index in [2.05, 4.69) is 22.7 Å². The SMILES string of the molecule is CCCOc1ccc(NC(=O)NCCc2ccn(-c3ccccc3)n2)cc1OCCC. The van der Waals surface area contributed by atoms with Gasteiger partial charge in [0.1, 0.15) is 0 Å². The van der Waals surface area contributed by atoms with Gasteiger partial charge in [-0.1, -0.05) is 32.0 Å². The Hall–Kier alpha value is -3.48. The van der Waals surface area contributed by atoms with E-state index in [0.717, 1.165) is 24.2 Å². The van der Waals surface area contributed by atoms with Gasteiger partial charge in [0.2, 0.25) is 0 Å². The molecule has 0 saturated carbocycles. The van der Waals surface area contributed by atoms with Crippen molar-refractivity contribution < 1.29 is 14.3 Å². The van der Waals surface area contributed by atoms with Crippen LogP contribution in [0.3, 0.4) is 0 Å². The van der Waals surface area contributed by atoms with Gasteiger partial charge in [-0.3, -0.25) is 0 Å². The molecule has 1 aromatic heterocycles. The third-order valence-corrected chi connectivity index (χ3v) is 4.46. The molecule has 0 aliphatic rings. The summed E-state index contributed by atoms with van der Waals surface area (Å²) in [6.45, 7) is 5.79. The molecule has 2 aromatic carbocycles. The molecule has 7 heteroatoms. The number of benzene rings is 2. The number of aromatic nitrogens is 2. The summed E-state index contributed by atoms with van der Waals surface area (Å²) < 4.78 is 13.3. The number of nitrogens with zero attached hydrogens (tertiary/aromatic N) is 2. The quantitative estimate of drug-likeness (QED) is 0.465. The number of urea groups is 1. The van der Waals surface area contributed by atoms with E-state index in [1.54, 1.807) is 6.07 Å². The third-order valence-electron chi connectivity index (χ3n) is 4.46. The highest BCUT2D eigenvalue weighted by atomic mass is 16.5. The van der Waals surface area contributed by atoms with Crippen LogP contribution in [0.2, 0.25) is 0 Å². The summed E-state index contributed by atoms with van der Waals surface area (Å²) in [6, 6.07) is 17.0. The zero-order chi connectivity index (χ0) is 21.9. The van der Waals surface area contributed by atoms with Crippen molar-refractivity contribution in [2.24, 2.45) is 0 Å². The number of anilines is 1. The molecule has 0 bridgehead atoms. The zero-order valence-electron chi connectivity index (χ0n) is 18.1. The molecule has 164 valence electrons. The predicted molar refractivity (Wildman–Crippen MR) is 122 cm³/mol. The van der Waals surface area contributed by atoms with Gasteiger partial charge in [-0.2, -0.15) is 5.10 Å². The van der Waals surface area contributed by atoms with E-state index < -0.39 is 0 Å². The second-order valence-corrected chi connectivity index (χ2v) is 7.08. The van der Waals surface area contributed by atoms with Crippen LogP contribution in [0.1, 0.15) is 32.4 Å². The van der Waals surface area contributed by atoms with Crippen molar-refractivity contribution in [2.45, 2.75) is 33.1 Å². The Morgan fingerprint density at radius 3 is 2.45 bits per heavy atom. The summed E-state index contributed by atoms with van der Waals surface area (Å²) in [5, 5.41) is 10.3. The zero-order valence-corrected chi connectivity index (χ0v) is 18.1. The number of hydrogen-bond donors (Lipinski definition) is 2. The molecule has 2 amide bonds. The number of para-hydroxylation sites is 1. The van der Waals surface area contributed by atoms with Crippen molar-refractivity contribution in [1.82, 2.24) is 15.1 Å². The van der Waals surface area contributed by atoms with Crippen LogP contribution < -0.4 is 20.1 Å². The Morgan fingerprint density at radius 1 is 0.968 bits per heavy atom. The average molecular weight is 423 g/mol. The molecule has 0 radical (unpaired) electrons. The molecule has 2 N–H and O–H groups in total. The highest BCUT2D eigenvalue weighted by molar-refractivity contribution is 5.89. The van der Waals surface area contributed by atoms with Crippen LogP contribution in [-0.4, -0.2) is 35.6 Å². The van der Waals surface area contributed by atoms with Gasteiger partial charge in [0.15, 0.2) is 11.5 Å². The number of rotatable bonds is 11. The molecule has 0 aliphatic carbocycles. The summed E-state index contributed by atoms with van der Waals surface area (Å²) in [6.07, 6.45) is 4.37. The van der Waals surface area contributed by atoms with Gasteiger partial charge >= 0.3 is 6.03 Å². The Bertz CT molecular complexity index is 956. The maximum Gasteiger partial charge on any atom is 0.319 e. The minimum Gasteiger partial charge on any atom is -0.490 e. The molecule has 0 unspecified atom stereocenters. The predicted octanol–water partition coefficient (Wildman–Crippen LogP) is 4.81. The van der Waals surface area contributed by atoms with Crippen LogP contribution in [0.15, 0.2) is 60.8 Å². The fourth-order valence-corrected chi connectivity index (χ4v) is 2.94. The third kappa shape index (κ3) is 6.77. The lowest BCUT2D eigenvalue weighted by Crippen LogP contribution is -2.30. The number of amides is 2. The first-order chi connectivity index (χ1) is 15.2. The fraction of sp³-hybridized carbons (Fsp3) is 0.333. The van der Waals surface area contributed by atoms with E-state index in [1.165, 1.54) is 0 Å². The molecule has 0 aliphatic heterocycles. The summed E-state index contributed by atoms with van der Waals surface area (Å²) in [5.41, 5.74) is 2.57. The molecule has 3 rings (SSSR count). The Morgan fingerprint density at radius 2 is 1.71 bits per heavy atom. The van der Waals surface area contributed by atoms with Gasteiger partial charge in [-0.15, -0.1) is 0 Å². The maximum absolute atomic E-state index is 12.3. The van der Waals surface area contributed by atoms with Gasteiger partial charge in [0.25, 0.3) is 0 Å². The Balaban J connectivity index is 1.50. The smallest absolute Gasteiger partial charge is 0.319 e. The highest BCUT2D eigenvalue weighted by Gasteiger charge is 2.09. The topological polar surface area (TPSA) is 77.4 Å². The fourth-order valence-electron chi connectivity index (χ4n) is 2.94. The molecule has 0 saturated heterocycles. The van der Waals surface area contributed by atoms with E-state index in [1.807, 2.05) is 66.3 Å². The summed E-state index contributed by atoms with van der Waals surface area (Å²) in [4.78, 5) is 12.3. The van der Waals surface area contributed by atoms with E-state index in [4.69, 9.17) is 9.47 Å². The second kappa shape index (κ2) is 11.6. The minimum absolute atomic E-state index is 0.272. The van der Waals surface area contributed by atoms with Gasteiger partial charge in [0, 0.05) is 30.9 Å². The number of carbonyl (C=O) groups is 1. The number of ether oxygens (including phenoxy) is 2. The molecule has 3 aromatic rings. The largest absolute Gasteiger partial charge is 0.490 e. The molecular formula is C24H30N4O3. The Kier molecular flexibility index (Phi) is 8.34. The first-order valence-electron chi connectivity index (χ1n) is 10.7. The Labute approximate surface area is 183 Å². The van der Waals surface area contributed by atoms with Gasteiger partial charge in [-0.25, -0.2) is 9.48 Å². The van der Waals surface area contributed by atoms with Crippen molar-refractivity contribution in [1.29, 1.82) is 0 Å². The second-order valence-electron chi connectivity index (χ2n) is 7.08. The number of carbonyl (C=O) groups excluding carboxylic acids is 1. The lowest BCUT2D eigenvalue weighted by molar-refractivity contribution is 0.252. The standard InChI is InChI=1S/C24H30N4O3/c1-3-16-30-22-11-10-20(18-23(22)31-17-4-2)26-24(29)25-14-12-19-13-15-28(27-19)21-8-6-5-7-9-21/h5-11,13,15,18H,3-4,12,14,16-17H2,1-2H3,(H2,25,26,29). The van der Waals surface area contributed by atoms with Crippen LogP contribution in [0, 0.1) is 0 Å². The molecule has 0 spiro atoms. The van der Waals surface area contributed by atoms with Crippen LogP contribution in [0.5, 0.6) is 11.5 Å². The first kappa shape index (κ1) is 22.2. The number of hydrogen-bond acceptors (Lipinski definition) is 4. The van der Waals surface area contributed by atoms with Gasteiger partial charge in [-0.05, 0) is 43.2 Å². The normalized spacial score (nSPS) is 10.5. The van der Waals surface area contributed by atoms with Gasteiger partial charge < -0.3 is 20.1 Å². The van der Waals surface area contributed by atoms with E-state index in [9.17, 15) is 4.79 Å². The van der Waals surface area contributed by atoms with Crippen molar-refractivity contribution in [3.63, 3.8) is 0 Å². The van der Waals surface area contributed by atoms with Crippen LogP contribution in [-0.2, 0) is 6.42 Å². The highest BCUT2D eigenvalue weighted by Crippen LogP contribution is 2.31. The van der Waals surface area contributed by atoms with E-state index in [-0.39, 0.29) is 6.03 Å². The van der Waals surface area contributed by atoms with E-state index >= 15 is 0 Å². The van der Waals surface area contributed by atoms with Crippen LogP contribution in [0.25, 0.3) is 5.69 Å². The molecule has 31 heavy (non-hydrogen) atoms. The minimum atomic E-state index is -0.272. The monoisotopic (exact) mass is 422 g/mol. The molecule has 1 heterocycles. The van der Waals surface area contributed by atoms with Crippen LogP contribution in [0.4, 0.5) is 10.5 Å². The molecular weight excluding hydrogens is 392 g/mol. The lowest BCUT2D eigenvalue weighted by Gasteiger charge is -2.14. The van der Waals surface area contributed by atoms with Crippen molar-refractivity contribution in [3.8, 4) is 17.2 Å². The van der Waals surface area contributed by atoms with Crippen LogP contribution >= 0.6 is 0 Å². The lowest BCUT2D eigenvalue weighted by atomic mass is 10.2. The van der Waals surface area contributed by atoms with Crippen molar-refractivity contribution in [3.05, 3.63) is 66.5 Å². The summed E-state index contributed by atoms with van der Waals surface area (Å²) in [5.74, 6) is 1.33. The average Bonchev–Trinajstić information content (AvgIpc) is 3.26. The molecule has 0 fully saturated rings.